The van der Waals surface area contributed by atoms with Gasteiger partial charge in [0, 0.05) is 25.1 Å². The van der Waals surface area contributed by atoms with Crippen LogP contribution in [0.2, 0.25) is 0 Å². The van der Waals surface area contributed by atoms with E-state index < -0.39 is 23.9 Å². The van der Waals surface area contributed by atoms with Crippen LogP contribution < -0.4 is 10.2 Å². The lowest BCUT2D eigenvalue weighted by Crippen LogP contribution is -2.25. The van der Waals surface area contributed by atoms with Crippen molar-refractivity contribution in [2.45, 2.75) is 38.5 Å². The monoisotopic (exact) mass is 435 g/mol. The third-order valence-corrected chi connectivity index (χ3v) is 4.86. The number of halogens is 3. The number of aromatic nitrogens is 3. The molecule has 4 heterocycles. The standard InChI is InChI=1S/C20H20F3N5O3/c1-10(2)19-27-16-14(31-19)8-13(17(26-16)28-7-6-11(29)9-28)25-18(30)12-4-3-5-15(24-12)20(21,22)23/h3-5,8,10-11,29H,6-7,9H2,1-2H3,(H,25,30)/t11-/m1/s1. The highest BCUT2D eigenvalue weighted by Gasteiger charge is 2.33. The van der Waals surface area contributed by atoms with Crippen LogP contribution in [-0.4, -0.2) is 45.2 Å². The summed E-state index contributed by atoms with van der Waals surface area (Å²) in [4.78, 5) is 26.8. The van der Waals surface area contributed by atoms with Crippen molar-refractivity contribution in [2.75, 3.05) is 23.3 Å². The van der Waals surface area contributed by atoms with Gasteiger partial charge in [0.25, 0.3) is 5.91 Å². The van der Waals surface area contributed by atoms with Gasteiger partial charge in [-0.25, -0.2) is 9.97 Å². The third kappa shape index (κ3) is 4.31. The predicted octanol–water partition coefficient (Wildman–Crippen LogP) is 3.58. The van der Waals surface area contributed by atoms with Crippen molar-refractivity contribution in [3.8, 4) is 0 Å². The van der Waals surface area contributed by atoms with Crippen molar-refractivity contribution >= 4 is 28.6 Å². The number of aliphatic hydroxyl groups is 1. The van der Waals surface area contributed by atoms with Crippen molar-refractivity contribution in [3.05, 3.63) is 41.5 Å². The van der Waals surface area contributed by atoms with Crippen LogP contribution in [0.25, 0.3) is 11.2 Å². The Labute approximate surface area is 175 Å². The van der Waals surface area contributed by atoms with Gasteiger partial charge in [-0.1, -0.05) is 19.9 Å². The molecule has 3 aromatic rings. The Balaban J connectivity index is 1.72. The van der Waals surface area contributed by atoms with E-state index >= 15 is 0 Å². The minimum Gasteiger partial charge on any atom is -0.439 e. The minimum atomic E-state index is -4.67. The third-order valence-electron chi connectivity index (χ3n) is 4.86. The van der Waals surface area contributed by atoms with E-state index in [-0.39, 0.29) is 17.3 Å². The number of β-amino-alcohol motifs (C(OH)–C–C–N with tert-alkyl or cyclic N) is 1. The van der Waals surface area contributed by atoms with Gasteiger partial charge in [0.05, 0.1) is 11.8 Å². The van der Waals surface area contributed by atoms with Gasteiger partial charge in [0.2, 0.25) is 5.65 Å². The molecule has 4 rings (SSSR count). The molecule has 8 nitrogen and oxygen atoms in total. The van der Waals surface area contributed by atoms with Gasteiger partial charge in [0.15, 0.2) is 17.3 Å². The summed E-state index contributed by atoms with van der Waals surface area (Å²) in [5.74, 6) is 0.0152. The molecule has 0 unspecified atom stereocenters. The van der Waals surface area contributed by atoms with E-state index in [1.165, 1.54) is 12.1 Å². The molecule has 0 bridgehead atoms. The second-order valence-electron chi connectivity index (χ2n) is 7.64. The van der Waals surface area contributed by atoms with Gasteiger partial charge in [-0.05, 0) is 18.6 Å². The number of pyridine rings is 2. The Morgan fingerprint density at radius 1 is 1.29 bits per heavy atom. The number of hydrogen-bond acceptors (Lipinski definition) is 7. The summed E-state index contributed by atoms with van der Waals surface area (Å²) in [5, 5.41) is 12.5. The molecule has 2 N–H and O–H groups in total. The number of hydrogen-bond donors (Lipinski definition) is 2. The first-order valence-electron chi connectivity index (χ1n) is 9.72. The van der Waals surface area contributed by atoms with Crippen LogP contribution in [0, 0.1) is 0 Å². The second-order valence-corrected chi connectivity index (χ2v) is 7.64. The normalized spacial score (nSPS) is 17.0. The maximum absolute atomic E-state index is 13.0. The van der Waals surface area contributed by atoms with Crippen LogP contribution in [0.5, 0.6) is 0 Å². The van der Waals surface area contributed by atoms with E-state index in [4.69, 9.17) is 4.42 Å². The molecule has 1 aliphatic rings. The van der Waals surface area contributed by atoms with Gasteiger partial charge in [-0.15, -0.1) is 0 Å². The summed E-state index contributed by atoms with van der Waals surface area (Å²) in [6, 6.07) is 4.65. The zero-order valence-electron chi connectivity index (χ0n) is 16.8. The van der Waals surface area contributed by atoms with Crippen LogP contribution in [-0.2, 0) is 6.18 Å². The Morgan fingerprint density at radius 3 is 2.71 bits per heavy atom. The summed E-state index contributed by atoms with van der Waals surface area (Å²) >= 11 is 0. The average Bonchev–Trinajstić information content (AvgIpc) is 3.32. The number of carbonyl (C=O) groups is 1. The lowest BCUT2D eigenvalue weighted by Gasteiger charge is -2.20. The van der Waals surface area contributed by atoms with E-state index in [1.54, 1.807) is 4.90 Å². The lowest BCUT2D eigenvalue weighted by atomic mass is 10.2. The fourth-order valence-electron chi connectivity index (χ4n) is 3.29. The fourth-order valence-corrected chi connectivity index (χ4v) is 3.29. The summed E-state index contributed by atoms with van der Waals surface area (Å²) in [7, 11) is 0. The highest BCUT2D eigenvalue weighted by atomic mass is 19.4. The van der Waals surface area contributed by atoms with E-state index in [1.807, 2.05) is 13.8 Å². The molecular formula is C20H20F3N5O3. The number of oxazole rings is 1. The van der Waals surface area contributed by atoms with Crippen molar-refractivity contribution < 1.29 is 27.5 Å². The molecule has 0 saturated carbocycles. The molecule has 0 aromatic carbocycles. The number of anilines is 2. The average molecular weight is 435 g/mol. The molecule has 1 atom stereocenters. The lowest BCUT2D eigenvalue weighted by molar-refractivity contribution is -0.141. The van der Waals surface area contributed by atoms with Crippen LogP contribution in [0.4, 0.5) is 24.7 Å². The van der Waals surface area contributed by atoms with E-state index in [2.05, 4.69) is 20.3 Å². The first kappa shape index (κ1) is 21.0. The Kier molecular flexibility index (Phi) is 5.29. The number of nitrogens with one attached hydrogen (secondary N) is 1. The van der Waals surface area contributed by atoms with Crippen molar-refractivity contribution in [1.82, 2.24) is 15.0 Å². The van der Waals surface area contributed by atoms with E-state index in [0.717, 1.165) is 12.1 Å². The maximum atomic E-state index is 13.0. The highest BCUT2D eigenvalue weighted by Crippen LogP contribution is 2.32. The summed E-state index contributed by atoms with van der Waals surface area (Å²) in [6.07, 6.45) is -4.69. The number of aliphatic hydroxyl groups excluding tert-OH is 1. The number of amides is 1. The molecule has 31 heavy (non-hydrogen) atoms. The SMILES string of the molecule is CC(C)c1nc2nc(N3CC[C@@H](O)C3)c(NC(=O)c3cccc(C(F)(F)F)n3)cc2o1. The topological polar surface area (TPSA) is 104 Å². The molecule has 0 radical (unpaired) electrons. The van der Waals surface area contributed by atoms with Gasteiger partial charge in [-0.3, -0.25) is 4.79 Å². The molecule has 1 saturated heterocycles. The molecule has 1 amide bonds. The summed E-state index contributed by atoms with van der Waals surface area (Å²) in [6.45, 7) is 4.62. The van der Waals surface area contributed by atoms with Crippen molar-refractivity contribution in [2.24, 2.45) is 0 Å². The van der Waals surface area contributed by atoms with Gasteiger partial charge in [0.1, 0.15) is 11.4 Å². The van der Waals surface area contributed by atoms with Crippen LogP contribution in [0.1, 0.15) is 48.3 Å². The van der Waals surface area contributed by atoms with E-state index in [0.29, 0.717) is 42.4 Å². The fraction of sp³-hybridized carbons (Fsp3) is 0.400. The molecule has 3 aromatic heterocycles. The van der Waals surface area contributed by atoms with Crippen molar-refractivity contribution in [1.29, 1.82) is 0 Å². The predicted molar refractivity (Wildman–Crippen MR) is 106 cm³/mol. The molecular weight excluding hydrogens is 415 g/mol. The first-order chi connectivity index (χ1) is 14.6. The number of carbonyl (C=O) groups excluding carboxylic acids is 1. The molecule has 1 fully saturated rings. The van der Waals surface area contributed by atoms with E-state index in [9.17, 15) is 23.1 Å². The molecule has 164 valence electrons. The van der Waals surface area contributed by atoms with Crippen LogP contribution >= 0.6 is 0 Å². The van der Waals surface area contributed by atoms with Crippen molar-refractivity contribution in [3.63, 3.8) is 0 Å². The number of rotatable bonds is 4. The molecule has 0 aliphatic carbocycles. The number of alkyl halides is 3. The highest BCUT2D eigenvalue weighted by molar-refractivity contribution is 6.05. The maximum Gasteiger partial charge on any atom is 0.433 e. The van der Waals surface area contributed by atoms with Gasteiger partial charge < -0.3 is 19.7 Å². The number of nitrogens with zero attached hydrogens (tertiary/aromatic N) is 4. The number of fused-ring (bicyclic) bond motifs is 1. The Hall–Kier alpha value is -3.21. The smallest absolute Gasteiger partial charge is 0.433 e. The summed E-state index contributed by atoms with van der Waals surface area (Å²) < 4.78 is 44.6. The van der Waals surface area contributed by atoms with Crippen LogP contribution in [0.15, 0.2) is 28.7 Å². The largest absolute Gasteiger partial charge is 0.439 e. The minimum absolute atomic E-state index is 0.0126. The summed E-state index contributed by atoms with van der Waals surface area (Å²) in [5.41, 5.74) is -0.636. The Morgan fingerprint density at radius 2 is 2.06 bits per heavy atom. The Bertz CT molecular complexity index is 1130. The zero-order valence-corrected chi connectivity index (χ0v) is 16.8. The zero-order chi connectivity index (χ0) is 22.3. The quantitative estimate of drug-likeness (QED) is 0.645. The molecule has 0 spiro atoms. The second kappa shape index (κ2) is 7.80. The molecule has 1 aliphatic heterocycles. The van der Waals surface area contributed by atoms with Gasteiger partial charge >= 0.3 is 6.18 Å². The van der Waals surface area contributed by atoms with Gasteiger partial charge in [-0.2, -0.15) is 18.2 Å². The first-order valence-corrected chi connectivity index (χ1v) is 9.72. The molecule has 11 heteroatoms. The van der Waals surface area contributed by atoms with Crippen LogP contribution in [0.3, 0.4) is 0 Å².